The van der Waals surface area contributed by atoms with Gasteiger partial charge in [-0.1, -0.05) is 51.9 Å². The summed E-state index contributed by atoms with van der Waals surface area (Å²) in [6, 6.07) is 6.68. The van der Waals surface area contributed by atoms with Crippen LogP contribution in [0.4, 0.5) is 0 Å². The number of aryl methyl sites for hydroxylation is 2. The van der Waals surface area contributed by atoms with Crippen LogP contribution in [0.15, 0.2) is 18.2 Å². The molecule has 0 bridgehead atoms. The first-order chi connectivity index (χ1) is 4.72. The molecule has 1 heteroatoms. The van der Waals surface area contributed by atoms with Crippen molar-refractivity contribution in [3.63, 3.8) is 0 Å². The molecule has 0 aliphatic rings. The number of alkyl halides is 1. The van der Waals surface area contributed by atoms with Crippen molar-refractivity contribution in [2.24, 2.45) is 0 Å². The minimum atomic E-state index is 1.11. The van der Waals surface area contributed by atoms with Gasteiger partial charge in [0.15, 0.2) is 0 Å². The van der Waals surface area contributed by atoms with E-state index in [2.05, 4.69) is 54.6 Å². The van der Waals surface area contributed by atoms with Gasteiger partial charge < -0.3 is 0 Å². The monoisotopic (exact) mass is 246 g/mol. The van der Waals surface area contributed by atoms with E-state index < -0.39 is 0 Å². The van der Waals surface area contributed by atoms with Gasteiger partial charge in [-0.25, -0.2) is 0 Å². The highest BCUT2D eigenvalue weighted by Gasteiger charge is 1.91. The van der Waals surface area contributed by atoms with Gasteiger partial charge in [0.05, 0.1) is 0 Å². The fourth-order valence-electron chi connectivity index (χ4n) is 1.15. The number of rotatable bonds is 1. The Morgan fingerprint density at radius 3 is 2.00 bits per heavy atom. The van der Waals surface area contributed by atoms with Gasteiger partial charge in [0.2, 0.25) is 0 Å². The van der Waals surface area contributed by atoms with Crippen LogP contribution in [0.25, 0.3) is 0 Å². The maximum Gasteiger partial charge on any atom is 0.0247 e. The summed E-state index contributed by atoms with van der Waals surface area (Å²) in [7, 11) is 0. The Morgan fingerprint density at radius 2 is 1.60 bits per heavy atom. The molecule has 1 aromatic rings. The zero-order valence-corrected chi connectivity index (χ0v) is 8.47. The smallest absolute Gasteiger partial charge is 0.0247 e. The molecule has 0 fully saturated rings. The quantitative estimate of drug-likeness (QED) is 0.527. The third kappa shape index (κ3) is 1.97. The molecule has 0 aliphatic carbocycles. The molecule has 0 saturated heterocycles. The van der Waals surface area contributed by atoms with Crippen molar-refractivity contribution in [3.05, 3.63) is 34.9 Å². The first-order valence-corrected chi connectivity index (χ1v) is 4.88. The number of hydrogen-bond acceptors (Lipinski definition) is 0. The van der Waals surface area contributed by atoms with Crippen LogP contribution in [0.3, 0.4) is 0 Å². The molecule has 0 radical (unpaired) electrons. The van der Waals surface area contributed by atoms with E-state index in [1.54, 1.807) is 0 Å². The molecule has 1 aromatic carbocycles. The molecular weight excluding hydrogens is 235 g/mol. The van der Waals surface area contributed by atoms with Gasteiger partial charge in [-0.2, -0.15) is 0 Å². The van der Waals surface area contributed by atoms with E-state index in [9.17, 15) is 0 Å². The van der Waals surface area contributed by atoms with Crippen molar-refractivity contribution in [1.29, 1.82) is 0 Å². The molecule has 1 rings (SSSR count). The average Bonchev–Trinajstić information content (AvgIpc) is 1.85. The van der Waals surface area contributed by atoms with Crippen molar-refractivity contribution in [3.8, 4) is 0 Å². The average molecular weight is 246 g/mol. The zero-order valence-electron chi connectivity index (χ0n) is 6.32. The summed E-state index contributed by atoms with van der Waals surface area (Å²) in [6.45, 7) is 4.28. The van der Waals surface area contributed by atoms with Crippen LogP contribution in [-0.4, -0.2) is 0 Å². The maximum absolute atomic E-state index is 2.39. The topological polar surface area (TPSA) is 0 Å². The van der Waals surface area contributed by atoms with Gasteiger partial charge in [0.25, 0.3) is 0 Å². The molecular formula is C9H11I. The third-order valence-corrected chi connectivity index (χ3v) is 2.32. The van der Waals surface area contributed by atoms with Crippen LogP contribution in [0.2, 0.25) is 0 Å². The van der Waals surface area contributed by atoms with Crippen molar-refractivity contribution < 1.29 is 0 Å². The second kappa shape index (κ2) is 3.37. The fourth-order valence-corrected chi connectivity index (χ4v) is 1.59. The molecule has 0 aromatic heterocycles. The molecule has 0 nitrogen and oxygen atoms in total. The Bertz CT molecular complexity index is 208. The normalized spacial score (nSPS) is 9.90. The second-order valence-electron chi connectivity index (χ2n) is 2.63. The van der Waals surface area contributed by atoms with Gasteiger partial charge in [-0.05, 0) is 19.4 Å². The Morgan fingerprint density at radius 1 is 1.10 bits per heavy atom. The highest BCUT2D eigenvalue weighted by Crippen LogP contribution is 2.11. The van der Waals surface area contributed by atoms with Crippen LogP contribution < -0.4 is 0 Å². The molecule has 0 spiro atoms. The van der Waals surface area contributed by atoms with E-state index in [-0.39, 0.29) is 0 Å². The van der Waals surface area contributed by atoms with E-state index in [0.717, 1.165) is 4.43 Å². The van der Waals surface area contributed by atoms with E-state index in [1.165, 1.54) is 16.7 Å². The first kappa shape index (κ1) is 8.05. The van der Waals surface area contributed by atoms with E-state index in [4.69, 9.17) is 0 Å². The van der Waals surface area contributed by atoms with Crippen LogP contribution in [-0.2, 0) is 4.43 Å². The lowest BCUT2D eigenvalue weighted by Crippen LogP contribution is -1.81. The lowest BCUT2D eigenvalue weighted by molar-refractivity contribution is 1.32. The van der Waals surface area contributed by atoms with E-state index in [0.29, 0.717) is 0 Å². The number of benzene rings is 1. The van der Waals surface area contributed by atoms with Gasteiger partial charge in [0.1, 0.15) is 0 Å². The van der Waals surface area contributed by atoms with E-state index >= 15 is 0 Å². The predicted molar refractivity (Wildman–Crippen MR) is 53.6 cm³/mol. The molecule has 0 saturated carbocycles. The Balaban J connectivity index is 3.06. The molecule has 54 valence electrons. The summed E-state index contributed by atoms with van der Waals surface area (Å²) in [6.07, 6.45) is 0. The van der Waals surface area contributed by atoms with Crippen LogP contribution in [0, 0.1) is 13.8 Å². The summed E-state index contributed by atoms with van der Waals surface area (Å²) in [4.78, 5) is 0. The highest BCUT2D eigenvalue weighted by atomic mass is 127. The van der Waals surface area contributed by atoms with Gasteiger partial charge in [-0.3, -0.25) is 0 Å². The largest absolute Gasteiger partial charge is 0.0812 e. The standard InChI is InChI=1S/C9H11I/c1-7-3-8(2)5-9(4-7)6-10/h3-5H,6H2,1-2H3. The van der Waals surface area contributed by atoms with Crippen LogP contribution in [0.1, 0.15) is 16.7 Å². The van der Waals surface area contributed by atoms with E-state index in [1.807, 2.05) is 0 Å². The Labute approximate surface area is 75.8 Å². The fraction of sp³-hybridized carbons (Fsp3) is 0.333. The summed E-state index contributed by atoms with van der Waals surface area (Å²) in [5, 5.41) is 0. The van der Waals surface area contributed by atoms with Crippen molar-refractivity contribution in [1.82, 2.24) is 0 Å². The molecule has 0 N–H and O–H groups in total. The van der Waals surface area contributed by atoms with Crippen molar-refractivity contribution >= 4 is 22.6 Å². The molecule has 0 atom stereocenters. The first-order valence-electron chi connectivity index (χ1n) is 3.35. The van der Waals surface area contributed by atoms with Gasteiger partial charge >= 0.3 is 0 Å². The van der Waals surface area contributed by atoms with Crippen molar-refractivity contribution in [2.45, 2.75) is 18.3 Å². The lowest BCUT2D eigenvalue weighted by atomic mass is 10.1. The molecule has 0 heterocycles. The lowest BCUT2D eigenvalue weighted by Gasteiger charge is -1.99. The Hall–Kier alpha value is -0.0500. The summed E-state index contributed by atoms with van der Waals surface area (Å²) in [5.41, 5.74) is 4.16. The summed E-state index contributed by atoms with van der Waals surface area (Å²) in [5.74, 6) is 0. The molecule has 0 unspecified atom stereocenters. The summed E-state index contributed by atoms with van der Waals surface area (Å²) >= 11 is 2.39. The number of halogens is 1. The SMILES string of the molecule is Cc1cc(C)cc(CI)c1. The predicted octanol–water partition coefficient (Wildman–Crippen LogP) is 3.24. The molecule has 0 amide bonds. The third-order valence-electron chi connectivity index (χ3n) is 1.44. The minimum absolute atomic E-state index is 1.11. The Kier molecular flexibility index (Phi) is 2.72. The van der Waals surface area contributed by atoms with Crippen LogP contribution in [0.5, 0.6) is 0 Å². The highest BCUT2D eigenvalue weighted by molar-refractivity contribution is 14.1. The van der Waals surface area contributed by atoms with Crippen LogP contribution >= 0.6 is 22.6 Å². The second-order valence-corrected chi connectivity index (χ2v) is 3.39. The number of hydrogen-bond donors (Lipinski definition) is 0. The molecule has 10 heavy (non-hydrogen) atoms. The van der Waals surface area contributed by atoms with Crippen molar-refractivity contribution in [2.75, 3.05) is 0 Å². The van der Waals surface area contributed by atoms with Gasteiger partial charge in [-0.15, -0.1) is 0 Å². The molecule has 0 aliphatic heterocycles. The maximum atomic E-state index is 2.39. The summed E-state index contributed by atoms with van der Waals surface area (Å²) < 4.78 is 1.11. The minimum Gasteiger partial charge on any atom is -0.0812 e. The zero-order chi connectivity index (χ0) is 7.56. The van der Waals surface area contributed by atoms with Gasteiger partial charge in [0, 0.05) is 4.43 Å².